The standard InChI is InChI=1S/C21H20ClN3O/c1-3-25(19-9-4-6-15(2)10-19)20-11-16(13-23-14-20)21(26)24-18-8-5-7-17(22)12-18/h4-14H,3H2,1-2H3,(H,24,26). The number of nitrogens with zero attached hydrogens (tertiary/aromatic N) is 2. The van der Waals surface area contributed by atoms with E-state index in [1.807, 2.05) is 12.1 Å². The molecule has 1 N–H and O–H groups in total. The Balaban J connectivity index is 1.86. The molecule has 0 saturated carbocycles. The van der Waals surface area contributed by atoms with Crippen LogP contribution in [0.5, 0.6) is 0 Å². The van der Waals surface area contributed by atoms with E-state index in [4.69, 9.17) is 11.6 Å². The zero-order valence-corrected chi connectivity index (χ0v) is 15.5. The maximum Gasteiger partial charge on any atom is 0.257 e. The lowest BCUT2D eigenvalue weighted by atomic mass is 10.1. The van der Waals surface area contributed by atoms with Crippen molar-refractivity contribution in [2.24, 2.45) is 0 Å². The first-order valence-electron chi connectivity index (χ1n) is 8.43. The minimum atomic E-state index is -0.220. The van der Waals surface area contributed by atoms with Gasteiger partial charge in [-0.05, 0) is 55.8 Å². The van der Waals surface area contributed by atoms with Gasteiger partial charge in [0.15, 0.2) is 0 Å². The van der Waals surface area contributed by atoms with Crippen molar-refractivity contribution in [2.75, 3.05) is 16.8 Å². The van der Waals surface area contributed by atoms with Crippen molar-refractivity contribution in [3.8, 4) is 0 Å². The highest BCUT2D eigenvalue weighted by molar-refractivity contribution is 6.31. The van der Waals surface area contributed by atoms with Crippen LogP contribution in [-0.4, -0.2) is 17.4 Å². The fourth-order valence-electron chi connectivity index (χ4n) is 2.78. The summed E-state index contributed by atoms with van der Waals surface area (Å²) in [6, 6.07) is 17.2. The second-order valence-electron chi connectivity index (χ2n) is 5.98. The topological polar surface area (TPSA) is 45.2 Å². The van der Waals surface area contributed by atoms with Gasteiger partial charge >= 0.3 is 0 Å². The number of benzene rings is 2. The predicted octanol–water partition coefficient (Wildman–Crippen LogP) is 5.45. The van der Waals surface area contributed by atoms with E-state index in [9.17, 15) is 4.79 Å². The second kappa shape index (κ2) is 8.02. The van der Waals surface area contributed by atoms with Gasteiger partial charge in [0.25, 0.3) is 5.91 Å². The smallest absolute Gasteiger partial charge is 0.257 e. The minimum absolute atomic E-state index is 0.220. The number of aryl methyl sites for hydroxylation is 1. The summed E-state index contributed by atoms with van der Waals surface area (Å²) in [6.07, 6.45) is 3.33. The maximum absolute atomic E-state index is 12.6. The van der Waals surface area contributed by atoms with Crippen molar-refractivity contribution >= 4 is 34.6 Å². The quantitative estimate of drug-likeness (QED) is 0.653. The van der Waals surface area contributed by atoms with Crippen molar-refractivity contribution in [3.05, 3.63) is 83.1 Å². The lowest BCUT2D eigenvalue weighted by Crippen LogP contribution is -2.18. The fraction of sp³-hybridized carbons (Fsp3) is 0.143. The van der Waals surface area contributed by atoms with Crippen LogP contribution in [0.4, 0.5) is 17.1 Å². The van der Waals surface area contributed by atoms with Gasteiger partial charge in [0.05, 0.1) is 17.4 Å². The number of amides is 1. The molecule has 0 radical (unpaired) electrons. The van der Waals surface area contributed by atoms with Crippen LogP contribution < -0.4 is 10.2 Å². The number of hydrogen-bond donors (Lipinski definition) is 1. The molecule has 0 spiro atoms. The molecule has 0 bridgehead atoms. The summed E-state index contributed by atoms with van der Waals surface area (Å²) in [7, 11) is 0. The molecule has 3 aromatic rings. The number of halogens is 1. The number of nitrogens with one attached hydrogen (secondary N) is 1. The fourth-order valence-corrected chi connectivity index (χ4v) is 2.97. The molecule has 5 heteroatoms. The van der Waals surface area contributed by atoms with Gasteiger partial charge < -0.3 is 10.2 Å². The Hall–Kier alpha value is -2.85. The summed E-state index contributed by atoms with van der Waals surface area (Å²) in [6.45, 7) is 4.90. The van der Waals surface area contributed by atoms with Gasteiger partial charge in [0.1, 0.15) is 0 Å². The summed E-state index contributed by atoms with van der Waals surface area (Å²) < 4.78 is 0. The zero-order chi connectivity index (χ0) is 18.5. The highest BCUT2D eigenvalue weighted by atomic mass is 35.5. The number of carbonyl (C=O) groups excluding carboxylic acids is 1. The van der Waals surface area contributed by atoms with Gasteiger partial charge in [-0.1, -0.05) is 29.8 Å². The zero-order valence-electron chi connectivity index (χ0n) is 14.7. The van der Waals surface area contributed by atoms with E-state index in [-0.39, 0.29) is 5.91 Å². The number of rotatable bonds is 5. The molecular weight excluding hydrogens is 346 g/mol. The Bertz CT molecular complexity index is 926. The highest BCUT2D eigenvalue weighted by Crippen LogP contribution is 2.26. The van der Waals surface area contributed by atoms with Crippen LogP contribution in [0.1, 0.15) is 22.8 Å². The molecule has 1 aromatic heterocycles. The first-order valence-corrected chi connectivity index (χ1v) is 8.81. The number of pyridine rings is 1. The molecule has 26 heavy (non-hydrogen) atoms. The predicted molar refractivity (Wildman–Crippen MR) is 108 cm³/mol. The monoisotopic (exact) mass is 365 g/mol. The van der Waals surface area contributed by atoms with E-state index in [0.717, 1.165) is 17.9 Å². The second-order valence-corrected chi connectivity index (χ2v) is 6.42. The molecule has 0 aliphatic heterocycles. The van der Waals surface area contributed by atoms with Crippen molar-refractivity contribution in [3.63, 3.8) is 0 Å². The van der Waals surface area contributed by atoms with Crippen LogP contribution in [-0.2, 0) is 0 Å². The van der Waals surface area contributed by atoms with Crippen LogP contribution in [0.3, 0.4) is 0 Å². The number of hydrogen-bond acceptors (Lipinski definition) is 3. The Morgan fingerprint density at radius 3 is 2.62 bits per heavy atom. The van der Waals surface area contributed by atoms with Gasteiger partial charge in [-0.15, -0.1) is 0 Å². The number of aromatic nitrogens is 1. The maximum atomic E-state index is 12.6. The van der Waals surface area contributed by atoms with Gasteiger partial charge in [-0.25, -0.2) is 0 Å². The lowest BCUT2D eigenvalue weighted by Gasteiger charge is -2.23. The SMILES string of the molecule is CCN(c1cccc(C)c1)c1cncc(C(=O)Nc2cccc(Cl)c2)c1. The first-order chi connectivity index (χ1) is 12.6. The van der Waals surface area contributed by atoms with Crippen LogP contribution in [0, 0.1) is 6.92 Å². The van der Waals surface area contributed by atoms with E-state index in [1.165, 1.54) is 5.56 Å². The Morgan fingerprint density at radius 2 is 1.88 bits per heavy atom. The molecule has 0 atom stereocenters. The molecule has 0 saturated heterocycles. The first kappa shape index (κ1) is 18.0. The Morgan fingerprint density at radius 1 is 1.08 bits per heavy atom. The molecular formula is C21H20ClN3O. The summed E-state index contributed by atoms with van der Waals surface area (Å²) in [5.74, 6) is -0.220. The third kappa shape index (κ3) is 4.21. The third-order valence-electron chi connectivity index (χ3n) is 4.01. The Kier molecular flexibility index (Phi) is 5.54. The summed E-state index contributed by atoms with van der Waals surface area (Å²) in [5, 5.41) is 3.43. The van der Waals surface area contributed by atoms with Gasteiger partial charge in [-0.2, -0.15) is 0 Å². The molecule has 4 nitrogen and oxygen atoms in total. The summed E-state index contributed by atoms with van der Waals surface area (Å²) in [5.41, 5.74) is 4.27. The lowest BCUT2D eigenvalue weighted by molar-refractivity contribution is 0.102. The molecule has 0 fully saturated rings. The normalized spacial score (nSPS) is 10.4. The van der Waals surface area contributed by atoms with Gasteiger partial charge in [0, 0.05) is 29.1 Å². The van der Waals surface area contributed by atoms with Crippen molar-refractivity contribution in [2.45, 2.75) is 13.8 Å². The van der Waals surface area contributed by atoms with Crippen molar-refractivity contribution in [1.29, 1.82) is 0 Å². The largest absolute Gasteiger partial charge is 0.340 e. The highest BCUT2D eigenvalue weighted by Gasteiger charge is 2.12. The van der Waals surface area contributed by atoms with E-state index in [1.54, 1.807) is 36.7 Å². The molecule has 0 aliphatic carbocycles. The van der Waals surface area contributed by atoms with E-state index in [0.29, 0.717) is 16.3 Å². The Labute approximate surface area is 158 Å². The van der Waals surface area contributed by atoms with Crippen LogP contribution in [0.2, 0.25) is 5.02 Å². The average Bonchev–Trinajstić information content (AvgIpc) is 2.63. The molecule has 0 aliphatic rings. The minimum Gasteiger partial charge on any atom is -0.340 e. The van der Waals surface area contributed by atoms with Crippen molar-refractivity contribution in [1.82, 2.24) is 4.98 Å². The number of carbonyl (C=O) groups is 1. The average molecular weight is 366 g/mol. The number of anilines is 3. The molecule has 1 heterocycles. The van der Waals surface area contributed by atoms with Crippen LogP contribution in [0.25, 0.3) is 0 Å². The molecule has 1 amide bonds. The van der Waals surface area contributed by atoms with Crippen LogP contribution in [0.15, 0.2) is 67.0 Å². The third-order valence-corrected chi connectivity index (χ3v) is 4.24. The van der Waals surface area contributed by atoms with E-state index >= 15 is 0 Å². The van der Waals surface area contributed by atoms with Crippen molar-refractivity contribution < 1.29 is 4.79 Å². The summed E-state index contributed by atoms with van der Waals surface area (Å²) in [4.78, 5) is 18.9. The van der Waals surface area contributed by atoms with E-state index in [2.05, 4.69) is 47.2 Å². The van der Waals surface area contributed by atoms with Gasteiger partial charge in [0.2, 0.25) is 0 Å². The van der Waals surface area contributed by atoms with Gasteiger partial charge in [-0.3, -0.25) is 9.78 Å². The molecule has 3 rings (SSSR count). The molecule has 2 aromatic carbocycles. The molecule has 0 unspecified atom stereocenters. The molecule has 132 valence electrons. The summed E-state index contributed by atoms with van der Waals surface area (Å²) >= 11 is 5.97. The van der Waals surface area contributed by atoms with E-state index < -0.39 is 0 Å². The van der Waals surface area contributed by atoms with Crippen LogP contribution >= 0.6 is 11.6 Å².